The lowest BCUT2D eigenvalue weighted by molar-refractivity contribution is 0.0746. The number of anilines is 2. The smallest absolute Gasteiger partial charge is 0.254 e. The maximum atomic E-state index is 14.1. The number of carbonyl (C=O) groups excluding carboxylic acids is 1. The van der Waals surface area contributed by atoms with Crippen LogP contribution in [0.25, 0.3) is 0 Å². The highest BCUT2D eigenvalue weighted by molar-refractivity contribution is 6.35. The molecule has 11 heteroatoms. The highest BCUT2D eigenvalue weighted by Crippen LogP contribution is 2.22. The summed E-state index contributed by atoms with van der Waals surface area (Å²) in [5.74, 6) is 0.161. The number of H-pyrrole nitrogens is 1. The number of piperazine rings is 2. The number of aromatic amines is 1. The number of nitrogens with one attached hydrogen (secondary N) is 1. The van der Waals surface area contributed by atoms with Crippen LogP contribution in [0, 0.1) is 5.82 Å². The Labute approximate surface area is 224 Å². The predicted molar refractivity (Wildman–Crippen MR) is 143 cm³/mol. The molecule has 194 valence electrons. The molecule has 3 aromatic rings. The van der Waals surface area contributed by atoms with Gasteiger partial charge in [0.2, 0.25) is 5.95 Å². The van der Waals surface area contributed by atoms with E-state index >= 15 is 0 Å². The van der Waals surface area contributed by atoms with Gasteiger partial charge in [0.25, 0.3) is 11.5 Å². The van der Waals surface area contributed by atoms with Gasteiger partial charge >= 0.3 is 0 Å². The van der Waals surface area contributed by atoms with Crippen molar-refractivity contribution in [3.63, 3.8) is 0 Å². The van der Waals surface area contributed by atoms with Crippen molar-refractivity contribution in [2.24, 2.45) is 0 Å². The van der Waals surface area contributed by atoms with Gasteiger partial charge in [0.1, 0.15) is 5.82 Å². The second kappa shape index (κ2) is 11.1. The molecule has 2 fully saturated rings. The number of nitrogens with zero attached hydrogens (tertiary/aromatic N) is 5. The number of amides is 1. The first-order valence-electron chi connectivity index (χ1n) is 12.2. The predicted octanol–water partition coefficient (Wildman–Crippen LogP) is 3.50. The molecule has 0 aliphatic carbocycles. The molecule has 37 heavy (non-hydrogen) atoms. The number of carbonyl (C=O) groups is 1. The molecule has 2 saturated heterocycles. The molecule has 1 aromatic heterocycles. The lowest BCUT2D eigenvalue weighted by atomic mass is 10.2. The van der Waals surface area contributed by atoms with E-state index in [-0.39, 0.29) is 17.3 Å². The molecule has 1 amide bonds. The van der Waals surface area contributed by atoms with Crippen LogP contribution in [0.5, 0.6) is 0 Å². The molecule has 0 unspecified atom stereocenters. The number of hydrogen-bond acceptors (Lipinski definition) is 6. The van der Waals surface area contributed by atoms with Crippen molar-refractivity contribution in [3.8, 4) is 0 Å². The molecule has 0 saturated carbocycles. The monoisotopic (exact) mass is 544 g/mol. The first-order chi connectivity index (χ1) is 17.9. The maximum Gasteiger partial charge on any atom is 0.254 e. The van der Waals surface area contributed by atoms with Crippen molar-refractivity contribution < 1.29 is 9.18 Å². The zero-order chi connectivity index (χ0) is 25.9. The van der Waals surface area contributed by atoms with Crippen LogP contribution in [0.4, 0.5) is 16.0 Å². The normalized spacial score (nSPS) is 16.8. The highest BCUT2D eigenvalue weighted by atomic mass is 35.5. The molecule has 0 atom stereocenters. The number of hydrogen-bond donors (Lipinski definition) is 1. The van der Waals surface area contributed by atoms with E-state index in [0.717, 1.165) is 13.1 Å². The molecule has 2 aromatic carbocycles. The Bertz CT molecular complexity index is 1320. The van der Waals surface area contributed by atoms with Gasteiger partial charge in [-0.15, -0.1) is 0 Å². The molecule has 8 nitrogen and oxygen atoms in total. The minimum Gasteiger partial charge on any atom is -0.367 e. The van der Waals surface area contributed by atoms with E-state index in [0.29, 0.717) is 78.8 Å². The zero-order valence-corrected chi connectivity index (χ0v) is 21.7. The number of para-hydroxylation sites is 1. The van der Waals surface area contributed by atoms with Gasteiger partial charge in [-0.2, -0.15) is 0 Å². The summed E-state index contributed by atoms with van der Waals surface area (Å²) in [5, 5.41) is 0.837. The lowest BCUT2D eigenvalue weighted by Crippen LogP contribution is -2.49. The second-order valence-electron chi connectivity index (χ2n) is 9.21. The average molecular weight is 545 g/mol. The Morgan fingerprint density at radius 2 is 1.54 bits per heavy atom. The number of halogens is 3. The zero-order valence-electron chi connectivity index (χ0n) is 20.2. The van der Waals surface area contributed by atoms with Gasteiger partial charge in [-0.3, -0.25) is 19.5 Å². The van der Waals surface area contributed by atoms with E-state index in [1.165, 1.54) is 12.1 Å². The van der Waals surface area contributed by atoms with Crippen LogP contribution in [-0.2, 0) is 6.54 Å². The average Bonchev–Trinajstić information content (AvgIpc) is 2.88. The molecule has 0 bridgehead atoms. The summed E-state index contributed by atoms with van der Waals surface area (Å²) in [6.45, 7) is 5.45. The first kappa shape index (κ1) is 25.5. The third kappa shape index (κ3) is 6.06. The summed E-state index contributed by atoms with van der Waals surface area (Å²) in [6, 6.07) is 13.2. The molecule has 0 radical (unpaired) electrons. The quantitative estimate of drug-likeness (QED) is 0.529. The van der Waals surface area contributed by atoms with E-state index in [2.05, 4.69) is 9.88 Å². The van der Waals surface area contributed by atoms with Crippen LogP contribution in [0.15, 0.2) is 53.3 Å². The van der Waals surface area contributed by atoms with E-state index in [4.69, 9.17) is 28.2 Å². The fraction of sp³-hybridized carbons (Fsp3) is 0.346. The molecule has 2 aliphatic rings. The fourth-order valence-electron chi connectivity index (χ4n) is 4.79. The molecule has 3 heterocycles. The summed E-state index contributed by atoms with van der Waals surface area (Å²) in [5.41, 5.74) is 1.55. The Morgan fingerprint density at radius 1 is 0.892 bits per heavy atom. The van der Waals surface area contributed by atoms with E-state index in [9.17, 15) is 14.0 Å². The highest BCUT2D eigenvalue weighted by Gasteiger charge is 2.25. The van der Waals surface area contributed by atoms with Crippen LogP contribution in [0.3, 0.4) is 0 Å². The van der Waals surface area contributed by atoms with Gasteiger partial charge in [-0.25, -0.2) is 9.37 Å². The fourth-order valence-corrected chi connectivity index (χ4v) is 5.32. The topological polar surface area (TPSA) is 75.8 Å². The van der Waals surface area contributed by atoms with Gasteiger partial charge in [-0.1, -0.05) is 35.3 Å². The summed E-state index contributed by atoms with van der Waals surface area (Å²) < 4.78 is 14.1. The van der Waals surface area contributed by atoms with Crippen LogP contribution in [0.1, 0.15) is 16.1 Å². The molecule has 0 spiro atoms. The SMILES string of the molecule is O=C(c1cc(Cl)cc(Cl)c1)N1CCN(c2nc(CN3CCN(c4ccccc4F)CC3)cc(=O)[nH]2)CC1. The summed E-state index contributed by atoms with van der Waals surface area (Å²) in [4.78, 5) is 40.8. The van der Waals surface area contributed by atoms with Gasteiger partial charge in [0.15, 0.2) is 0 Å². The van der Waals surface area contributed by atoms with Crippen LogP contribution in [0.2, 0.25) is 10.0 Å². The van der Waals surface area contributed by atoms with Gasteiger partial charge < -0.3 is 14.7 Å². The van der Waals surface area contributed by atoms with Crippen LogP contribution >= 0.6 is 23.2 Å². The molecular formula is C26H27Cl2FN6O2. The second-order valence-corrected chi connectivity index (χ2v) is 10.1. The third-order valence-electron chi connectivity index (χ3n) is 6.71. The number of benzene rings is 2. The Kier molecular flexibility index (Phi) is 7.64. The largest absolute Gasteiger partial charge is 0.367 e. The summed E-state index contributed by atoms with van der Waals surface area (Å²) in [7, 11) is 0. The van der Waals surface area contributed by atoms with E-state index in [1.54, 1.807) is 35.2 Å². The van der Waals surface area contributed by atoms with Gasteiger partial charge in [-0.05, 0) is 30.3 Å². The number of aromatic nitrogens is 2. The Balaban J connectivity index is 1.19. The summed E-state index contributed by atoms with van der Waals surface area (Å²) in [6.07, 6.45) is 0. The van der Waals surface area contributed by atoms with Gasteiger partial charge in [0, 0.05) is 80.6 Å². The lowest BCUT2D eigenvalue weighted by Gasteiger charge is -2.36. The van der Waals surface area contributed by atoms with Crippen molar-refractivity contribution in [1.29, 1.82) is 0 Å². The van der Waals surface area contributed by atoms with Crippen molar-refractivity contribution in [3.05, 3.63) is 86.0 Å². The van der Waals surface area contributed by atoms with E-state index < -0.39 is 0 Å². The van der Waals surface area contributed by atoms with Crippen molar-refractivity contribution in [1.82, 2.24) is 19.8 Å². The minimum atomic E-state index is -0.213. The van der Waals surface area contributed by atoms with Crippen LogP contribution in [-0.4, -0.2) is 78.0 Å². The first-order valence-corrected chi connectivity index (χ1v) is 12.9. The van der Waals surface area contributed by atoms with E-state index in [1.807, 2.05) is 15.9 Å². The summed E-state index contributed by atoms with van der Waals surface area (Å²) >= 11 is 12.1. The maximum absolute atomic E-state index is 14.1. The molecular weight excluding hydrogens is 518 g/mol. The standard InChI is InChI=1S/C26H27Cl2FN6O2/c27-19-13-18(14-20(28)15-19)25(37)34-9-11-35(12-10-34)26-30-21(16-24(36)31-26)17-32-5-7-33(8-6-32)23-4-2-1-3-22(23)29/h1-4,13-16H,5-12,17H2,(H,30,31,36). The Hall–Kier alpha value is -3.14. The van der Waals surface area contributed by atoms with Crippen molar-refractivity contribution in [2.45, 2.75) is 6.54 Å². The van der Waals surface area contributed by atoms with Crippen LogP contribution < -0.4 is 15.4 Å². The molecule has 1 N–H and O–H groups in total. The molecule has 2 aliphatic heterocycles. The van der Waals surface area contributed by atoms with Crippen molar-refractivity contribution >= 4 is 40.7 Å². The third-order valence-corrected chi connectivity index (χ3v) is 7.15. The van der Waals surface area contributed by atoms with Crippen molar-refractivity contribution in [2.75, 3.05) is 62.2 Å². The molecule has 5 rings (SSSR count). The minimum absolute atomic E-state index is 0.131. The van der Waals surface area contributed by atoms with Gasteiger partial charge in [0.05, 0.1) is 11.4 Å². The number of rotatable bonds is 5. The Morgan fingerprint density at radius 3 is 2.22 bits per heavy atom.